The maximum atomic E-state index is 13.0. The van der Waals surface area contributed by atoms with Crippen molar-refractivity contribution >= 4 is 17.6 Å². The lowest BCUT2D eigenvalue weighted by atomic mass is 9.94. The molecule has 0 radical (unpaired) electrons. The van der Waals surface area contributed by atoms with E-state index >= 15 is 0 Å². The van der Waals surface area contributed by atoms with Crippen molar-refractivity contribution in [3.8, 4) is 5.75 Å². The quantitative estimate of drug-likeness (QED) is 0.842. The van der Waals surface area contributed by atoms with Crippen LogP contribution in [0.2, 0.25) is 0 Å². The molecule has 0 bridgehead atoms. The number of carbonyl (C=O) groups is 2. The smallest absolute Gasteiger partial charge is 0.410 e. The molecule has 1 atom stereocenters. The summed E-state index contributed by atoms with van der Waals surface area (Å²) in [6.07, 6.45) is 4.17. The number of aromatic hydroxyl groups is 1. The molecule has 0 aliphatic carbocycles. The van der Waals surface area contributed by atoms with Crippen molar-refractivity contribution in [1.29, 1.82) is 0 Å². The summed E-state index contributed by atoms with van der Waals surface area (Å²) in [5.41, 5.74) is 1.75. The molecule has 3 rings (SSSR count). The van der Waals surface area contributed by atoms with Crippen LogP contribution in [0.4, 0.5) is 4.79 Å². The molecular formula is C22H30N2O4. The van der Waals surface area contributed by atoms with E-state index in [-0.39, 0.29) is 23.7 Å². The first-order valence-electron chi connectivity index (χ1n) is 9.98. The molecule has 1 aromatic rings. The Kier molecular flexibility index (Phi) is 5.96. The van der Waals surface area contributed by atoms with E-state index < -0.39 is 5.60 Å². The predicted molar refractivity (Wildman–Crippen MR) is 108 cm³/mol. The molecule has 1 N–H and O–H groups in total. The first-order chi connectivity index (χ1) is 13.2. The SMILES string of the molecule is CC(C)(C)OC(=O)N1CCCC(C(=O)N2CC=C(c3ccc(O)cc3)CC2)C1. The second-order valence-electron chi connectivity index (χ2n) is 8.58. The number of ether oxygens (including phenoxy) is 1. The Labute approximate surface area is 166 Å². The number of amides is 2. The standard InChI is InChI=1S/C22H30N2O4/c1-22(2,3)28-21(27)24-12-4-5-18(15-24)20(26)23-13-10-17(11-14-23)16-6-8-19(25)9-7-16/h6-10,18,25H,4-5,11-15H2,1-3H3. The van der Waals surface area contributed by atoms with Gasteiger partial charge in [-0.05, 0) is 63.3 Å². The lowest BCUT2D eigenvalue weighted by molar-refractivity contribution is -0.136. The van der Waals surface area contributed by atoms with Crippen LogP contribution < -0.4 is 0 Å². The molecule has 6 heteroatoms. The zero-order valence-electron chi connectivity index (χ0n) is 17.0. The zero-order valence-corrected chi connectivity index (χ0v) is 17.0. The molecule has 2 aliphatic heterocycles. The first-order valence-corrected chi connectivity index (χ1v) is 9.98. The van der Waals surface area contributed by atoms with Gasteiger partial charge in [0.1, 0.15) is 11.4 Å². The van der Waals surface area contributed by atoms with Gasteiger partial charge >= 0.3 is 6.09 Å². The van der Waals surface area contributed by atoms with Gasteiger partial charge in [0.25, 0.3) is 0 Å². The molecule has 0 saturated carbocycles. The van der Waals surface area contributed by atoms with E-state index in [0.29, 0.717) is 26.2 Å². The van der Waals surface area contributed by atoms with Crippen LogP contribution in [0.25, 0.3) is 5.57 Å². The minimum atomic E-state index is -0.531. The van der Waals surface area contributed by atoms with Crippen molar-refractivity contribution in [2.75, 3.05) is 26.2 Å². The van der Waals surface area contributed by atoms with Gasteiger partial charge in [-0.25, -0.2) is 4.79 Å². The fourth-order valence-electron chi connectivity index (χ4n) is 3.74. The summed E-state index contributed by atoms with van der Waals surface area (Å²) in [5, 5.41) is 9.43. The van der Waals surface area contributed by atoms with E-state index in [1.165, 1.54) is 5.57 Å². The fraction of sp³-hybridized carbons (Fsp3) is 0.545. The van der Waals surface area contributed by atoms with Crippen LogP contribution in [0.5, 0.6) is 5.75 Å². The van der Waals surface area contributed by atoms with Gasteiger partial charge in [-0.15, -0.1) is 0 Å². The van der Waals surface area contributed by atoms with Crippen molar-refractivity contribution in [2.24, 2.45) is 5.92 Å². The highest BCUT2D eigenvalue weighted by molar-refractivity contribution is 5.81. The molecule has 2 amide bonds. The second kappa shape index (κ2) is 8.25. The van der Waals surface area contributed by atoms with Crippen LogP contribution in [0, 0.1) is 5.92 Å². The van der Waals surface area contributed by atoms with Crippen molar-refractivity contribution in [3.05, 3.63) is 35.9 Å². The zero-order chi connectivity index (χ0) is 20.3. The summed E-state index contributed by atoms with van der Waals surface area (Å²) in [4.78, 5) is 28.9. The van der Waals surface area contributed by atoms with Gasteiger partial charge in [0.15, 0.2) is 0 Å². The summed E-state index contributed by atoms with van der Waals surface area (Å²) in [6, 6.07) is 7.17. The number of likely N-dealkylation sites (tertiary alicyclic amines) is 1. The van der Waals surface area contributed by atoms with Crippen LogP contribution in [-0.4, -0.2) is 58.7 Å². The number of hydrogen-bond donors (Lipinski definition) is 1. The molecule has 2 heterocycles. The van der Waals surface area contributed by atoms with Crippen LogP contribution in [-0.2, 0) is 9.53 Å². The maximum absolute atomic E-state index is 13.0. The monoisotopic (exact) mass is 386 g/mol. The van der Waals surface area contributed by atoms with E-state index in [2.05, 4.69) is 6.08 Å². The van der Waals surface area contributed by atoms with Gasteiger partial charge < -0.3 is 19.6 Å². The molecular weight excluding hydrogens is 356 g/mol. The highest BCUT2D eigenvalue weighted by Gasteiger charge is 2.33. The number of phenols is 1. The minimum Gasteiger partial charge on any atom is -0.508 e. The summed E-state index contributed by atoms with van der Waals surface area (Å²) in [6.45, 7) is 7.88. The van der Waals surface area contributed by atoms with E-state index in [0.717, 1.165) is 24.8 Å². The number of rotatable bonds is 2. The Bertz CT molecular complexity index is 749. The molecule has 28 heavy (non-hydrogen) atoms. The van der Waals surface area contributed by atoms with Gasteiger partial charge in [-0.3, -0.25) is 4.79 Å². The number of carbonyl (C=O) groups excluding carboxylic acids is 2. The molecule has 152 valence electrons. The Hall–Kier alpha value is -2.50. The summed E-state index contributed by atoms with van der Waals surface area (Å²) >= 11 is 0. The average Bonchev–Trinajstić information content (AvgIpc) is 2.67. The molecule has 1 aromatic carbocycles. The first kappa shape index (κ1) is 20.2. The van der Waals surface area contributed by atoms with E-state index in [9.17, 15) is 14.7 Å². The molecule has 6 nitrogen and oxygen atoms in total. The molecule has 2 aliphatic rings. The Morgan fingerprint density at radius 1 is 1.11 bits per heavy atom. The third-order valence-electron chi connectivity index (χ3n) is 5.18. The highest BCUT2D eigenvalue weighted by Crippen LogP contribution is 2.26. The molecule has 0 aromatic heterocycles. The largest absolute Gasteiger partial charge is 0.508 e. The van der Waals surface area contributed by atoms with Gasteiger partial charge in [-0.1, -0.05) is 18.2 Å². The fourth-order valence-corrected chi connectivity index (χ4v) is 3.74. The normalized spacial score (nSPS) is 20.5. The van der Waals surface area contributed by atoms with Crippen LogP contribution >= 0.6 is 0 Å². The Morgan fingerprint density at radius 2 is 1.82 bits per heavy atom. The number of phenolic OH excluding ortho intramolecular Hbond substituents is 1. The van der Waals surface area contributed by atoms with E-state index in [4.69, 9.17) is 4.74 Å². The van der Waals surface area contributed by atoms with Crippen LogP contribution in [0.15, 0.2) is 30.3 Å². The maximum Gasteiger partial charge on any atom is 0.410 e. The number of piperidine rings is 1. The van der Waals surface area contributed by atoms with Crippen LogP contribution in [0.1, 0.15) is 45.6 Å². The second-order valence-corrected chi connectivity index (χ2v) is 8.58. The van der Waals surface area contributed by atoms with E-state index in [1.54, 1.807) is 17.0 Å². The third-order valence-corrected chi connectivity index (χ3v) is 5.18. The third kappa shape index (κ3) is 5.06. The summed E-state index contributed by atoms with van der Waals surface area (Å²) < 4.78 is 5.46. The molecule has 0 spiro atoms. The molecule has 1 fully saturated rings. The molecule has 1 saturated heterocycles. The van der Waals surface area contributed by atoms with Crippen molar-refractivity contribution in [1.82, 2.24) is 9.80 Å². The average molecular weight is 386 g/mol. The molecule has 1 unspecified atom stereocenters. The number of hydrogen-bond acceptors (Lipinski definition) is 4. The highest BCUT2D eigenvalue weighted by atomic mass is 16.6. The van der Waals surface area contributed by atoms with Gasteiger partial charge in [-0.2, -0.15) is 0 Å². The van der Waals surface area contributed by atoms with Gasteiger partial charge in [0, 0.05) is 26.2 Å². The van der Waals surface area contributed by atoms with E-state index in [1.807, 2.05) is 37.8 Å². The Morgan fingerprint density at radius 3 is 2.43 bits per heavy atom. The van der Waals surface area contributed by atoms with Crippen LogP contribution in [0.3, 0.4) is 0 Å². The topological polar surface area (TPSA) is 70.1 Å². The minimum absolute atomic E-state index is 0.120. The Balaban J connectivity index is 1.58. The summed E-state index contributed by atoms with van der Waals surface area (Å²) in [7, 11) is 0. The summed E-state index contributed by atoms with van der Waals surface area (Å²) in [5.74, 6) is 0.211. The van der Waals surface area contributed by atoms with Crippen molar-refractivity contribution in [3.63, 3.8) is 0 Å². The van der Waals surface area contributed by atoms with Gasteiger partial charge in [0.2, 0.25) is 5.91 Å². The van der Waals surface area contributed by atoms with Crippen molar-refractivity contribution in [2.45, 2.75) is 45.6 Å². The number of nitrogens with zero attached hydrogens (tertiary/aromatic N) is 2. The van der Waals surface area contributed by atoms with Gasteiger partial charge in [0.05, 0.1) is 5.92 Å². The predicted octanol–water partition coefficient (Wildman–Crippen LogP) is 3.66. The van der Waals surface area contributed by atoms with Crippen molar-refractivity contribution < 1.29 is 19.4 Å². The lowest BCUT2D eigenvalue weighted by Crippen LogP contribution is -2.48. The number of benzene rings is 1. The lowest BCUT2D eigenvalue weighted by Gasteiger charge is -2.36.